The van der Waals surface area contributed by atoms with Crippen LogP contribution in [0, 0.1) is 17.6 Å². The highest BCUT2D eigenvalue weighted by molar-refractivity contribution is 5.95. The molecule has 3 aromatic carbocycles. The van der Waals surface area contributed by atoms with Gasteiger partial charge in [-0.3, -0.25) is 9.29 Å². The highest BCUT2D eigenvalue weighted by atomic mass is 19.1. The van der Waals surface area contributed by atoms with E-state index in [2.05, 4.69) is 4.90 Å². The van der Waals surface area contributed by atoms with Crippen molar-refractivity contribution >= 4 is 11.1 Å². The summed E-state index contributed by atoms with van der Waals surface area (Å²) in [5.74, 6) is 0.143. The minimum absolute atomic E-state index is 0.0786. The van der Waals surface area contributed by atoms with Gasteiger partial charge in [0.25, 0.3) is 0 Å². The van der Waals surface area contributed by atoms with E-state index in [0.717, 1.165) is 36.8 Å². The standard InChI is InChI=1S/C28H26F3NO3/c1-17-25-13-23(33)4-7-26(25)35-28(27(17)20-10-21(30)12-22(31)11-20)19-2-5-24(6-3-19)34-9-8-32-15-18(14-29)16-32/h2-7,10-13,18,28,33H,8-9,14-16H2,1H3. The lowest BCUT2D eigenvalue weighted by Crippen LogP contribution is -2.49. The molecule has 2 aliphatic heterocycles. The van der Waals surface area contributed by atoms with Gasteiger partial charge >= 0.3 is 0 Å². The van der Waals surface area contributed by atoms with Crippen LogP contribution in [0.5, 0.6) is 17.2 Å². The maximum atomic E-state index is 14.1. The molecule has 0 bridgehead atoms. The summed E-state index contributed by atoms with van der Waals surface area (Å²) in [5.41, 5.74) is 3.22. The van der Waals surface area contributed by atoms with Crippen LogP contribution in [-0.4, -0.2) is 42.9 Å². The molecule has 1 fully saturated rings. The summed E-state index contributed by atoms with van der Waals surface area (Å²) in [6, 6.07) is 15.6. The second-order valence-electron chi connectivity index (χ2n) is 9.07. The fourth-order valence-corrected chi connectivity index (χ4v) is 4.74. The number of alkyl halides is 1. The van der Waals surface area contributed by atoms with Crippen molar-refractivity contribution in [2.24, 2.45) is 5.92 Å². The number of halogens is 3. The lowest BCUT2D eigenvalue weighted by atomic mass is 9.86. The van der Waals surface area contributed by atoms with Gasteiger partial charge in [-0.15, -0.1) is 0 Å². The third kappa shape index (κ3) is 4.86. The van der Waals surface area contributed by atoms with Crippen LogP contribution in [0.15, 0.2) is 60.7 Å². The van der Waals surface area contributed by atoms with Gasteiger partial charge in [0, 0.05) is 42.8 Å². The summed E-state index contributed by atoms with van der Waals surface area (Å²) in [4.78, 5) is 2.15. The third-order valence-corrected chi connectivity index (χ3v) is 6.56. The van der Waals surface area contributed by atoms with Gasteiger partial charge in [-0.25, -0.2) is 8.78 Å². The van der Waals surface area contributed by atoms with E-state index in [4.69, 9.17) is 9.47 Å². The van der Waals surface area contributed by atoms with E-state index in [-0.39, 0.29) is 18.3 Å². The average Bonchev–Trinajstić information content (AvgIpc) is 2.80. The van der Waals surface area contributed by atoms with Crippen LogP contribution >= 0.6 is 0 Å². The van der Waals surface area contributed by atoms with Gasteiger partial charge in [0.05, 0.1) is 6.67 Å². The number of aromatic hydroxyl groups is 1. The maximum Gasteiger partial charge on any atom is 0.150 e. The smallest absolute Gasteiger partial charge is 0.150 e. The quantitative estimate of drug-likeness (QED) is 0.449. The number of phenols is 1. The molecule has 2 heterocycles. The fraction of sp³-hybridized carbons (Fsp3) is 0.286. The molecule has 7 heteroatoms. The monoisotopic (exact) mass is 481 g/mol. The zero-order valence-corrected chi connectivity index (χ0v) is 19.3. The van der Waals surface area contributed by atoms with E-state index < -0.39 is 17.7 Å². The van der Waals surface area contributed by atoms with Gasteiger partial charge in [0.2, 0.25) is 0 Å². The molecular weight excluding hydrogens is 455 g/mol. The average molecular weight is 482 g/mol. The fourth-order valence-electron chi connectivity index (χ4n) is 4.74. The SMILES string of the molecule is CC1=C(c2cc(F)cc(F)c2)C(c2ccc(OCCN3CC(CF)C3)cc2)Oc2ccc(O)cc21. The Balaban J connectivity index is 1.40. The Bertz CT molecular complexity index is 1230. The maximum absolute atomic E-state index is 14.1. The molecule has 4 nitrogen and oxygen atoms in total. The first-order valence-corrected chi connectivity index (χ1v) is 11.6. The van der Waals surface area contributed by atoms with Crippen molar-refractivity contribution in [2.75, 3.05) is 32.9 Å². The molecule has 0 spiro atoms. The molecule has 1 unspecified atom stereocenters. The molecule has 0 radical (unpaired) electrons. The minimum Gasteiger partial charge on any atom is -0.508 e. The van der Waals surface area contributed by atoms with Gasteiger partial charge in [-0.2, -0.15) is 0 Å². The number of likely N-dealkylation sites (tertiary alicyclic amines) is 1. The number of allylic oxidation sites excluding steroid dienone is 1. The van der Waals surface area contributed by atoms with Crippen molar-refractivity contribution in [1.82, 2.24) is 4.90 Å². The van der Waals surface area contributed by atoms with Crippen LogP contribution in [0.3, 0.4) is 0 Å². The Morgan fingerprint density at radius 3 is 2.40 bits per heavy atom. The summed E-state index contributed by atoms with van der Waals surface area (Å²) in [7, 11) is 0. The molecule has 35 heavy (non-hydrogen) atoms. The van der Waals surface area contributed by atoms with Gasteiger partial charge in [-0.1, -0.05) is 12.1 Å². The molecule has 0 saturated carbocycles. The molecular formula is C28H26F3NO3. The molecule has 0 aromatic heterocycles. The van der Waals surface area contributed by atoms with E-state index in [9.17, 15) is 18.3 Å². The van der Waals surface area contributed by atoms with Gasteiger partial charge in [0.15, 0.2) is 0 Å². The minimum atomic E-state index is -0.676. The Hall–Kier alpha value is -3.45. The van der Waals surface area contributed by atoms with E-state index in [1.807, 2.05) is 31.2 Å². The number of nitrogens with zero attached hydrogens (tertiary/aromatic N) is 1. The van der Waals surface area contributed by atoms with Crippen molar-refractivity contribution < 1.29 is 27.8 Å². The lowest BCUT2D eigenvalue weighted by Gasteiger charge is -2.37. The Morgan fingerprint density at radius 1 is 1.00 bits per heavy atom. The summed E-state index contributed by atoms with van der Waals surface area (Å²) < 4.78 is 52.9. The van der Waals surface area contributed by atoms with Crippen molar-refractivity contribution in [2.45, 2.75) is 13.0 Å². The van der Waals surface area contributed by atoms with Crippen LogP contribution in [0.1, 0.15) is 29.7 Å². The molecule has 2 aliphatic rings. The molecule has 0 amide bonds. The topological polar surface area (TPSA) is 41.9 Å². The molecule has 5 rings (SSSR count). The van der Waals surface area contributed by atoms with Gasteiger partial charge in [-0.05, 0) is 66.1 Å². The first kappa shape index (κ1) is 23.3. The van der Waals surface area contributed by atoms with E-state index in [0.29, 0.717) is 34.8 Å². The van der Waals surface area contributed by atoms with Crippen molar-refractivity contribution in [3.05, 3.63) is 89.0 Å². The van der Waals surface area contributed by atoms with E-state index in [1.165, 1.54) is 12.1 Å². The summed E-state index contributed by atoms with van der Waals surface area (Å²) in [6.07, 6.45) is -0.610. The number of hydrogen-bond acceptors (Lipinski definition) is 4. The van der Waals surface area contributed by atoms with Crippen molar-refractivity contribution in [3.63, 3.8) is 0 Å². The van der Waals surface area contributed by atoms with Crippen LogP contribution in [0.4, 0.5) is 13.2 Å². The third-order valence-electron chi connectivity index (χ3n) is 6.56. The van der Waals surface area contributed by atoms with Gasteiger partial charge < -0.3 is 14.6 Å². The number of benzene rings is 3. The van der Waals surface area contributed by atoms with Crippen LogP contribution in [-0.2, 0) is 0 Å². The van der Waals surface area contributed by atoms with E-state index >= 15 is 0 Å². The Kier molecular flexibility index (Phi) is 6.43. The first-order valence-electron chi connectivity index (χ1n) is 11.6. The predicted octanol–water partition coefficient (Wildman–Crippen LogP) is 6.01. The zero-order chi connectivity index (χ0) is 24.5. The number of ether oxygens (including phenoxy) is 2. The van der Waals surface area contributed by atoms with Crippen LogP contribution in [0.25, 0.3) is 11.1 Å². The molecule has 182 valence electrons. The first-order chi connectivity index (χ1) is 16.9. The van der Waals surface area contributed by atoms with Crippen LogP contribution in [0.2, 0.25) is 0 Å². The molecule has 1 atom stereocenters. The second kappa shape index (κ2) is 9.66. The number of phenolic OH excluding ortho intramolecular Hbond substituents is 1. The number of rotatable bonds is 7. The summed E-state index contributed by atoms with van der Waals surface area (Å²) >= 11 is 0. The molecule has 0 aliphatic carbocycles. The largest absolute Gasteiger partial charge is 0.508 e. The number of fused-ring (bicyclic) bond motifs is 1. The van der Waals surface area contributed by atoms with Gasteiger partial charge in [0.1, 0.15) is 41.6 Å². The Morgan fingerprint density at radius 2 is 1.71 bits per heavy atom. The normalized spacial score (nSPS) is 18.1. The Labute approximate surface area is 202 Å². The zero-order valence-electron chi connectivity index (χ0n) is 19.3. The summed E-state index contributed by atoms with van der Waals surface area (Å²) in [5, 5.41) is 9.98. The predicted molar refractivity (Wildman–Crippen MR) is 128 cm³/mol. The highest BCUT2D eigenvalue weighted by Crippen LogP contribution is 2.47. The number of hydrogen-bond donors (Lipinski definition) is 1. The molecule has 3 aromatic rings. The molecule has 1 N–H and O–H groups in total. The lowest BCUT2D eigenvalue weighted by molar-refractivity contribution is 0.0668. The van der Waals surface area contributed by atoms with Crippen molar-refractivity contribution in [3.8, 4) is 17.2 Å². The van der Waals surface area contributed by atoms with E-state index in [1.54, 1.807) is 18.2 Å². The van der Waals surface area contributed by atoms with Crippen molar-refractivity contribution in [1.29, 1.82) is 0 Å². The summed E-state index contributed by atoms with van der Waals surface area (Å²) in [6.45, 7) is 4.36. The second-order valence-corrected chi connectivity index (χ2v) is 9.07. The van der Waals surface area contributed by atoms with Crippen LogP contribution < -0.4 is 9.47 Å². The highest BCUT2D eigenvalue weighted by Gasteiger charge is 2.30. The molecule has 1 saturated heterocycles.